The van der Waals surface area contributed by atoms with Gasteiger partial charge in [0.05, 0.1) is 23.5 Å². The van der Waals surface area contributed by atoms with Crippen molar-refractivity contribution in [3.8, 4) is 11.8 Å². The van der Waals surface area contributed by atoms with Crippen LogP contribution in [0.25, 0.3) is 10.8 Å². The monoisotopic (exact) mass is 519 g/mol. The lowest BCUT2D eigenvalue weighted by Crippen LogP contribution is -2.51. The summed E-state index contributed by atoms with van der Waals surface area (Å²) < 4.78 is 20.9. The smallest absolute Gasteiger partial charge is 0.318 e. The van der Waals surface area contributed by atoms with Gasteiger partial charge in [-0.2, -0.15) is 9.97 Å². The second kappa shape index (κ2) is 9.69. The van der Waals surface area contributed by atoms with Crippen LogP contribution in [0.15, 0.2) is 24.3 Å². The number of phenols is 1. The first-order valence-electron chi connectivity index (χ1n) is 13.7. The summed E-state index contributed by atoms with van der Waals surface area (Å²) in [6.45, 7) is 4.00. The lowest BCUT2D eigenvalue weighted by Gasteiger charge is -2.37. The zero-order valence-electron chi connectivity index (χ0n) is 21.8. The second-order valence-electron chi connectivity index (χ2n) is 10.9. The van der Waals surface area contributed by atoms with Gasteiger partial charge in [-0.15, -0.1) is 0 Å². The number of ether oxygens (including phenoxy) is 1. The number of halogens is 1. The van der Waals surface area contributed by atoms with Crippen LogP contribution in [0, 0.1) is 5.82 Å². The minimum atomic E-state index is -0.353. The Morgan fingerprint density at radius 1 is 1.11 bits per heavy atom. The Hall–Kier alpha value is -3.46. The average Bonchev–Trinajstić information content (AvgIpc) is 3.05. The molecular formula is C29H34FN5O3. The third-order valence-corrected chi connectivity index (χ3v) is 8.23. The summed E-state index contributed by atoms with van der Waals surface area (Å²) in [5, 5.41) is 11.8. The van der Waals surface area contributed by atoms with Crippen molar-refractivity contribution in [1.29, 1.82) is 0 Å². The molecule has 3 heterocycles. The molecule has 0 unspecified atom stereocenters. The van der Waals surface area contributed by atoms with Gasteiger partial charge < -0.3 is 25.4 Å². The number of rotatable bonds is 6. The summed E-state index contributed by atoms with van der Waals surface area (Å²) in [6.07, 6.45) is 7.69. The number of anilines is 2. The highest BCUT2D eigenvalue weighted by molar-refractivity contribution is 6.16. The van der Waals surface area contributed by atoms with Gasteiger partial charge in [-0.1, -0.05) is 25.8 Å². The van der Waals surface area contributed by atoms with E-state index in [4.69, 9.17) is 15.5 Å². The molecule has 8 nitrogen and oxygen atoms in total. The normalized spacial score (nSPS) is 18.9. The Kier molecular flexibility index (Phi) is 6.34. The molecule has 0 atom stereocenters. The molecule has 1 saturated carbocycles. The Morgan fingerprint density at radius 2 is 1.87 bits per heavy atom. The molecule has 1 aromatic heterocycles. The topological polar surface area (TPSA) is 105 Å². The third-order valence-electron chi connectivity index (χ3n) is 8.23. The van der Waals surface area contributed by atoms with Crippen LogP contribution in [0.1, 0.15) is 73.5 Å². The number of aryl methyl sites for hydroxylation is 1. The molecule has 0 spiro atoms. The molecule has 3 N–H and O–H groups in total. The van der Waals surface area contributed by atoms with E-state index in [0.29, 0.717) is 52.1 Å². The van der Waals surface area contributed by atoms with Crippen molar-refractivity contribution in [1.82, 2.24) is 9.97 Å². The number of carbonyl (C=O) groups is 1. The summed E-state index contributed by atoms with van der Waals surface area (Å²) in [6, 6.07) is 6.41. The van der Waals surface area contributed by atoms with Crippen LogP contribution in [-0.4, -0.2) is 46.2 Å². The highest BCUT2D eigenvalue weighted by Crippen LogP contribution is 2.41. The number of aromatic hydroxyl groups is 1. The molecule has 2 fully saturated rings. The summed E-state index contributed by atoms with van der Waals surface area (Å²) in [7, 11) is 0. The van der Waals surface area contributed by atoms with Crippen LogP contribution < -0.4 is 20.3 Å². The largest absolute Gasteiger partial charge is 0.508 e. The highest BCUT2D eigenvalue weighted by Gasteiger charge is 2.38. The van der Waals surface area contributed by atoms with Gasteiger partial charge in [0.1, 0.15) is 29.6 Å². The Labute approximate surface area is 221 Å². The van der Waals surface area contributed by atoms with Crippen molar-refractivity contribution in [2.45, 2.75) is 70.4 Å². The number of aromatic nitrogens is 2. The van der Waals surface area contributed by atoms with Gasteiger partial charge in [-0.25, -0.2) is 4.39 Å². The summed E-state index contributed by atoms with van der Waals surface area (Å²) in [4.78, 5) is 27.2. The number of fused-ring (bicyclic) bond motifs is 2. The number of hydrogen-bond acceptors (Lipinski definition) is 7. The lowest BCUT2D eigenvalue weighted by atomic mass is 9.78. The first-order valence-corrected chi connectivity index (χ1v) is 13.7. The van der Waals surface area contributed by atoms with Crippen molar-refractivity contribution < 1.29 is 19.0 Å². The fraction of sp³-hybridized carbons (Fsp3) is 0.483. The minimum absolute atomic E-state index is 0.0153. The van der Waals surface area contributed by atoms with Gasteiger partial charge in [-0.05, 0) is 61.6 Å². The van der Waals surface area contributed by atoms with Crippen LogP contribution in [0.3, 0.4) is 0 Å². The summed E-state index contributed by atoms with van der Waals surface area (Å²) in [5.74, 6) is 0.0220. The third kappa shape index (κ3) is 4.32. The number of nitrogens with two attached hydrogens (primary N) is 1. The molecule has 3 aromatic rings. The number of phenolic OH excluding ortho intramolecular Hbond substituents is 1. The quantitative estimate of drug-likeness (QED) is 0.480. The van der Waals surface area contributed by atoms with E-state index in [2.05, 4.69) is 9.88 Å². The zero-order chi connectivity index (χ0) is 26.4. The predicted molar refractivity (Wildman–Crippen MR) is 144 cm³/mol. The predicted octanol–water partition coefficient (Wildman–Crippen LogP) is 4.84. The van der Waals surface area contributed by atoms with Crippen molar-refractivity contribution in [2.24, 2.45) is 5.73 Å². The van der Waals surface area contributed by atoms with Gasteiger partial charge >= 0.3 is 6.01 Å². The van der Waals surface area contributed by atoms with E-state index in [1.54, 1.807) is 17.0 Å². The van der Waals surface area contributed by atoms with E-state index in [1.807, 2.05) is 6.92 Å². The average molecular weight is 520 g/mol. The molecule has 200 valence electrons. The van der Waals surface area contributed by atoms with Crippen LogP contribution >= 0.6 is 0 Å². The highest BCUT2D eigenvalue weighted by atomic mass is 19.1. The van der Waals surface area contributed by atoms with E-state index in [-0.39, 0.29) is 35.6 Å². The van der Waals surface area contributed by atoms with Crippen LogP contribution in [-0.2, 0) is 13.0 Å². The SMILES string of the molecule is CCc1c(F)ccc2cc(O)cc(N3Cc4nc(OCC5(N)CCC5)nc(N5CCCCCC5)c4C3=O)c12. The molecule has 9 heteroatoms. The Balaban J connectivity index is 1.44. The summed E-state index contributed by atoms with van der Waals surface area (Å²) in [5.41, 5.74) is 8.04. The van der Waals surface area contributed by atoms with Gasteiger partial charge in [-0.3, -0.25) is 4.79 Å². The Morgan fingerprint density at radius 3 is 2.55 bits per heavy atom. The fourth-order valence-electron chi connectivity index (χ4n) is 5.95. The van der Waals surface area contributed by atoms with Crippen molar-refractivity contribution >= 4 is 28.2 Å². The molecule has 2 aromatic carbocycles. The molecule has 1 amide bonds. The van der Waals surface area contributed by atoms with E-state index in [1.165, 1.54) is 12.1 Å². The zero-order valence-corrected chi connectivity index (χ0v) is 21.8. The molecule has 3 aliphatic rings. The van der Waals surface area contributed by atoms with Crippen molar-refractivity contribution in [2.75, 3.05) is 29.5 Å². The number of amides is 1. The van der Waals surface area contributed by atoms with Crippen LogP contribution in [0.2, 0.25) is 0 Å². The minimum Gasteiger partial charge on any atom is -0.508 e. The van der Waals surface area contributed by atoms with E-state index in [9.17, 15) is 14.3 Å². The molecule has 2 aliphatic heterocycles. The van der Waals surface area contributed by atoms with Crippen LogP contribution in [0.5, 0.6) is 11.8 Å². The van der Waals surface area contributed by atoms with Crippen LogP contribution in [0.4, 0.5) is 15.9 Å². The number of nitrogens with zero attached hydrogens (tertiary/aromatic N) is 4. The fourth-order valence-corrected chi connectivity index (χ4v) is 5.95. The first-order chi connectivity index (χ1) is 18.4. The number of hydrogen-bond donors (Lipinski definition) is 2. The Bertz CT molecular complexity index is 1400. The second-order valence-corrected chi connectivity index (χ2v) is 10.9. The van der Waals surface area contributed by atoms with E-state index < -0.39 is 0 Å². The molecule has 6 rings (SSSR count). The van der Waals surface area contributed by atoms with E-state index in [0.717, 1.165) is 58.0 Å². The number of benzene rings is 2. The maximum atomic E-state index is 14.8. The van der Waals surface area contributed by atoms with Gasteiger partial charge in [0, 0.05) is 24.5 Å². The van der Waals surface area contributed by atoms with Crippen molar-refractivity contribution in [3.05, 3.63) is 46.9 Å². The van der Waals surface area contributed by atoms with Gasteiger partial charge in [0.15, 0.2) is 0 Å². The number of carbonyl (C=O) groups excluding carboxylic acids is 1. The molecule has 0 bridgehead atoms. The summed E-state index contributed by atoms with van der Waals surface area (Å²) >= 11 is 0. The van der Waals surface area contributed by atoms with Crippen molar-refractivity contribution in [3.63, 3.8) is 0 Å². The molecule has 1 aliphatic carbocycles. The van der Waals surface area contributed by atoms with Gasteiger partial charge in [0.25, 0.3) is 5.91 Å². The maximum Gasteiger partial charge on any atom is 0.318 e. The lowest BCUT2D eigenvalue weighted by molar-refractivity contribution is 0.0996. The van der Waals surface area contributed by atoms with Gasteiger partial charge in [0.2, 0.25) is 0 Å². The molecular weight excluding hydrogens is 485 g/mol. The first kappa shape index (κ1) is 24.9. The maximum absolute atomic E-state index is 14.8. The molecule has 38 heavy (non-hydrogen) atoms. The molecule has 0 radical (unpaired) electrons. The standard InChI is InChI=1S/C29H34FN5O3/c1-2-20-21(30)9-8-18-14-19(36)15-23(24(18)20)35-16-22-25(27(35)37)26(34-12-5-3-4-6-13-34)33-28(32-22)38-17-29(31)10-7-11-29/h8-9,14-15,36H,2-7,10-13,16-17,31H2,1H3. The van der Waals surface area contributed by atoms with E-state index >= 15 is 0 Å². The molecule has 1 saturated heterocycles.